The van der Waals surface area contributed by atoms with Crippen LogP contribution < -0.4 is 4.90 Å². The summed E-state index contributed by atoms with van der Waals surface area (Å²) in [6, 6.07) is 15.8. The Hall–Kier alpha value is -3.60. The fraction of sp³-hybridized carbons (Fsp3) is 0.259. The van der Waals surface area contributed by atoms with Gasteiger partial charge in [-0.1, -0.05) is 50.6 Å². The SMILES string of the molecule is Cc1ccc(C)c(/C(O)=C2/C(=O)C(=O)N(c3ccc(C(C)(C)C)cc3)C2c2ccco2)c1. The average molecular weight is 430 g/mol. The molecule has 1 amide bonds. The first-order valence-corrected chi connectivity index (χ1v) is 10.6. The normalized spacial score (nSPS) is 18.4. The number of Topliss-reactive ketones (excluding diaryl/α,β-unsaturated/α-hetero) is 1. The second kappa shape index (κ2) is 7.83. The summed E-state index contributed by atoms with van der Waals surface area (Å²) in [6.07, 6.45) is 1.50. The van der Waals surface area contributed by atoms with Crippen molar-refractivity contribution >= 4 is 23.1 Å². The molecule has 164 valence electrons. The average Bonchev–Trinajstić information content (AvgIpc) is 3.36. The van der Waals surface area contributed by atoms with E-state index in [9.17, 15) is 14.7 Å². The first kappa shape index (κ1) is 21.6. The predicted molar refractivity (Wildman–Crippen MR) is 125 cm³/mol. The number of aliphatic hydroxyl groups is 1. The van der Waals surface area contributed by atoms with Gasteiger partial charge in [0.15, 0.2) is 0 Å². The zero-order valence-corrected chi connectivity index (χ0v) is 19.0. The van der Waals surface area contributed by atoms with Crippen molar-refractivity contribution in [3.8, 4) is 0 Å². The monoisotopic (exact) mass is 429 g/mol. The van der Waals surface area contributed by atoms with Gasteiger partial charge >= 0.3 is 0 Å². The number of carbonyl (C=O) groups excluding carboxylic acids is 2. The number of rotatable bonds is 3. The third kappa shape index (κ3) is 3.64. The van der Waals surface area contributed by atoms with Crippen molar-refractivity contribution in [2.45, 2.75) is 46.1 Å². The Labute approximate surface area is 188 Å². The molecule has 1 unspecified atom stereocenters. The Bertz CT molecular complexity index is 1210. The van der Waals surface area contributed by atoms with Crippen molar-refractivity contribution in [3.63, 3.8) is 0 Å². The molecule has 4 rings (SSSR count). The lowest BCUT2D eigenvalue weighted by atomic mass is 9.87. The van der Waals surface area contributed by atoms with Crippen LogP contribution in [0.15, 0.2) is 70.9 Å². The number of hydrogen-bond donors (Lipinski definition) is 1. The summed E-state index contributed by atoms with van der Waals surface area (Å²) in [5.41, 5.74) is 3.95. The minimum atomic E-state index is -0.856. The molecule has 0 bridgehead atoms. The predicted octanol–water partition coefficient (Wildman–Crippen LogP) is 5.82. The third-order valence-electron chi connectivity index (χ3n) is 5.92. The number of aryl methyl sites for hydroxylation is 2. The lowest BCUT2D eigenvalue weighted by molar-refractivity contribution is -0.132. The molecule has 0 aliphatic carbocycles. The number of nitrogens with zero attached hydrogens (tertiary/aromatic N) is 1. The van der Waals surface area contributed by atoms with Crippen molar-refractivity contribution in [2.75, 3.05) is 4.90 Å². The summed E-state index contributed by atoms with van der Waals surface area (Å²) < 4.78 is 5.62. The van der Waals surface area contributed by atoms with Gasteiger partial charge in [0.25, 0.3) is 11.7 Å². The molecule has 0 radical (unpaired) electrons. The van der Waals surface area contributed by atoms with Crippen LogP contribution in [0.3, 0.4) is 0 Å². The number of benzene rings is 2. The molecular weight excluding hydrogens is 402 g/mol. The van der Waals surface area contributed by atoms with E-state index in [1.165, 1.54) is 11.2 Å². The molecule has 1 saturated heterocycles. The van der Waals surface area contributed by atoms with E-state index in [0.29, 0.717) is 17.0 Å². The van der Waals surface area contributed by atoms with Gasteiger partial charge < -0.3 is 9.52 Å². The minimum absolute atomic E-state index is 0.0264. The lowest BCUT2D eigenvalue weighted by Crippen LogP contribution is -2.29. The molecule has 32 heavy (non-hydrogen) atoms. The number of furan rings is 1. The van der Waals surface area contributed by atoms with Crippen LogP contribution in [0.25, 0.3) is 5.76 Å². The summed E-state index contributed by atoms with van der Waals surface area (Å²) >= 11 is 0. The highest BCUT2D eigenvalue weighted by atomic mass is 16.3. The van der Waals surface area contributed by atoms with Crippen molar-refractivity contribution in [1.29, 1.82) is 0 Å². The summed E-state index contributed by atoms with van der Waals surface area (Å²) in [4.78, 5) is 27.8. The van der Waals surface area contributed by atoms with E-state index in [-0.39, 0.29) is 16.7 Å². The molecule has 0 spiro atoms. The first-order valence-electron chi connectivity index (χ1n) is 10.6. The van der Waals surface area contributed by atoms with Gasteiger partial charge in [0.05, 0.1) is 11.8 Å². The Morgan fingerprint density at radius 2 is 1.69 bits per heavy atom. The number of aliphatic hydroxyl groups excluding tert-OH is 1. The van der Waals surface area contributed by atoms with Crippen molar-refractivity contribution in [3.05, 3.63) is 94.4 Å². The largest absolute Gasteiger partial charge is 0.507 e. The molecule has 1 aromatic heterocycles. The Balaban J connectivity index is 1.90. The zero-order chi connectivity index (χ0) is 23.2. The maximum Gasteiger partial charge on any atom is 0.300 e. The van der Waals surface area contributed by atoms with Crippen molar-refractivity contribution < 1.29 is 19.1 Å². The van der Waals surface area contributed by atoms with Crippen molar-refractivity contribution in [1.82, 2.24) is 0 Å². The molecule has 2 aromatic carbocycles. The smallest absolute Gasteiger partial charge is 0.300 e. The maximum atomic E-state index is 13.2. The molecule has 5 nitrogen and oxygen atoms in total. The number of anilines is 1. The van der Waals surface area contributed by atoms with Crippen LogP contribution in [0.2, 0.25) is 0 Å². The van der Waals surface area contributed by atoms with Crippen LogP contribution in [-0.4, -0.2) is 16.8 Å². The van der Waals surface area contributed by atoms with E-state index >= 15 is 0 Å². The quantitative estimate of drug-likeness (QED) is 0.323. The Kier molecular flexibility index (Phi) is 5.29. The summed E-state index contributed by atoms with van der Waals surface area (Å²) in [7, 11) is 0. The lowest BCUT2D eigenvalue weighted by Gasteiger charge is -2.25. The van der Waals surface area contributed by atoms with Gasteiger partial charge in [0, 0.05) is 11.3 Å². The van der Waals surface area contributed by atoms with Crippen LogP contribution in [0.1, 0.15) is 54.8 Å². The molecule has 2 heterocycles. The molecule has 5 heteroatoms. The maximum absolute atomic E-state index is 13.2. The molecule has 1 N–H and O–H groups in total. The number of carbonyl (C=O) groups is 2. The second-order valence-corrected chi connectivity index (χ2v) is 9.30. The number of amides is 1. The Morgan fingerprint density at radius 3 is 2.28 bits per heavy atom. The molecule has 1 atom stereocenters. The second-order valence-electron chi connectivity index (χ2n) is 9.30. The standard InChI is InChI=1S/C27H27NO4/c1-16-8-9-17(2)20(15-16)24(29)22-23(21-7-6-14-32-21)28(26(31)25(22)30)19-12-10-18(11-13-19)27(3,4)5/h6-15,23,29H,1-5H3/b24-22-. The minimum Gasteiger partial charge on any atom is -0.507 e. The van der Waals surface area contributed by atoms with Crippen molar-refractivity contribution in [2.24, 2.45) is 0 Å². The van der Waals surface area contributed by atoms with Crippen LogP contribution in [0.4, 0.5) is 5.69 Å². The Morgan fingerprint density at radius 1 is 1.00 bits per heavy atom. The van der Waals surface area contributed by atoms with E-state index in [1.807, 2.05) is 56.3 Å². The fourth-order valence-electron chi connectivity index (χ4n) is 4.07. The van der Waals surface area contributed by atoms with E-state index in [0.717, 1.165) is 16.7 Å². The van der Waals surface area contributed by atoms with Crippen LogP contribution in [0, 0.1) is 13.8 Å². The van der Waals surface area contributed by atoms with Gasteiger partial charge in [-0.05, 0) is 60.7 Å². The highest BCUT2D eigenvalue weighted by Crippen LogP contribution is 2.43. The van der Waals surface area contributed by atoms with E-state index < -0.39 is 17.7 Å². The van der Waals surface area contributed by atoms with Gasteiger partial charge in [-0.25, -0.2) is 0 Å². The highest BCUT2D eigenvalue weighted by Gasteiger charge is 2.48. The van der Waals surface area contributed by atoms with Gasteiger partial charge in [-0.15, -0.1) is 0 Å². The third-order valence-corrected chi connectivity index (χ3v) is 5.92. The van der Waals surface area contributed by atoms with Crippen LogP contribution >= 0.6 is 0 Å². The molecule has 1 aliphatic rings. The van der Waals surface area contributed by atoms with E-state index in [1.54, 1.807) is 12.1 Å². The van der Waals surface area contributed by atoms with Gasteiger partial charge in [0.1, 0.15) is 17.6 Å². The van der Waals surface area contributed by atoms with Gasteiger partial charge in [0.2, 0.25) is 0 Å². The van der Waals surface area contributed by atoms with Gasteiger partial charge in [-0.2, -0.15) is 0 Å². The summed E-state index contributed by atoms with van der Waals surface area (Å²) in [6.45, 7) is 10.1. The molecule has 1 fully saturated rings. The van der Waals surface area contributed by atoms with Crippen LogP contribution in [-0.2, 0) is 15.0 Å². The molecule has 0 saturated carbocycles. The number of hydrogen-bond acceptors (Lipinski definition) is 4. The zero-order valence-electron chi connectivity index (χ0n) is 19.0. The fourth-order valence-corrected chi connectivity index (χ4v) is 4.07. The first-order chi connectivity index (χ1) is 15.1. The number of ketones is 1. The summed E-state index contributed by atoms with van der Waals surface area (Å²) in [5, 5.41) is 11.2. The topological polar surface area (TPSA) is 70.8 Å². The molecule has 3 aromatic rings. The molecular formula is C27H27NO4. The van der Waals surface area contributed by atoms with Crippen LogP contribution in [0.5, 0.6) is 0 Å². The van der Waals surface area contributed by atoms with E-state index in [2.05, 4.69) is 20.8 Å². The van der Waals surface area contributed by atoms with Gasteiger partial charge in [-0.3, -0.25) is 14.5 Å². The molecule has 1 aliphatic heterocycles. The summed E-state index contributed by atoms with van der Waals surface area (Å²) in [5.74, 6) is -1.21. The van der Waals surface area contributed by atoms with E-state index in [4.69, 9.17) is 4.42 Å². The highest BCUT2D eigenvalue weighted by molar-refractivity contribution is 6.51.